The molecule has 88 valence electrons. The van der Waals surface area contributed by atoms with Crippen molar-refractivity contribution in [2.75, 3.05) is 6.54 Å². The average molecular weight is 222 g/mol. The number of hydrogen-bond donors (Lipinski definition) is 3. The fourth-order valence-electron chi connectivity index (χ4n) is 1.21. The van der Waals surface area contributed by atoms with Crippen LogP contribution in [0.2, 0.25) is 0 Å². The number of rotatable bonds is 4. The van der Waals surface area contributed by atoms with Gasteiger partial charge in [0.1, 0.15) is 5.75 Å². The highest BCUT2D eigenvalue weighted by Gasteiger charge is 2.12. The number of nitrogens with one attached hydrogen (secondary N) is 1. The van der Waals surface area contributed by atoms with E-state index in [2.05, 4.69) is 5.32 Å². The average Bonchev–Trinajstić information content (AvgIpc) is 2.25. The summed E-state index contributed by atoms with van der Waals surface area (Å²) < 4.78 is 0. The van der Waals surface area contributed by atoms with E-state index >= 15 is 0 Å². The zero-order chi connectivity index (χ0) is 12.1. The Hall–Kier alpha value is -1.55. The largest absolute Gasteiger partial charge is 0.507 e. The molecule has 1 rings (SSSR count). The normalized spacial score (nSPS) is 12.5. The number of hydrogen-bond acceptors (Lipinski definition) is 3. The maximum atomic E-state index is 11.7. The Morgan fingerprint density at radius 3 is 2.62 bits per heavy atom. The highest BCUT2D eigenvalue weighted by atomic mass is 16.3. The van der Waals surface area contributed by atoms with E-state index in [1.54, 1.807) is 18.2 Å². The lowest BCUT2D eigenvalue weighted by molar-refractivity contribution is 0.0946. The summed E-state index contributed by atoms with van der Waals surface area (Å²) in [5.74, 6) is -0.00279. The number of phenols is 1. The monoisotopic (exact) mass is 222 g/mol. The van der Waals surface area contributed by atoms with Crippen LogP contribution in [-0.2, 0) is 0 Å². The Morgan fingerprint density at radius 2 is 2.06 bits per heavy atom. The molecule has 0 spiro atoms. The first-order valence-electron chi connectivity index (χ1n) is 5.34. The lowest BCUT2D eigenvalue weighted by Gasteiger charge is -2.16. The van der Waals surface area contributed by atoms with Gasteiger partial charge in [-0.1, -0.05) is 26.0 Å². The van der Waals surface area contributed by atoms with Crippen LogP contribution in [-0.4, -0.2) is 23.6 Å². The van der Waals surface area contributed by atoms with Crippen LogP contribution in [0.5, 0.6) is 5.75 Å². The van der Waals surface area contributed by atoms with Crippen molar-refractivity contribution in [1.29, 1.82) is 0 Å². The second-order valence-electron chi connectivity index (χ2n) is 4.14. The zero-order valence-corrected chi connectivity index (χ0v) is 9.60. The molecule has 1 unspecified atom stereocenters. The predicted molar refractivity (Wildman–Crippen MR) is 63.3 cm³/mol. The van der Waals surface area contributed by atoms with Gasteiger partial charge in [-0.3, -0.25) is 4.79 Å². The predicted octanol–water partition coefficient (Wildman–Crippen LogP) is 1.11. The smallest absolute Gasteiger partial charge is 0.255 e. The summed E-state index contributed by atoms with van der Waals surface area (Å²) in [5.41, 5.74) is 6.08. The molecule has 0 heterocycles. The molecular formula is C12H18N2O2. The maximum absolute atomic E-state index is 11.7. The topological polar surface area (TPSA) is 75.3 Å². The summed E-state index contributed by atoms with van der Waals surface area (Å²) >= 11 is 0. The molecule has 1 aromatic rings. The molecule has 0 aliphatic carbocycles. The van der Waals surface area contributed by atoms with E-state index in [4.69, 9.17) is 5.73 Å². The Bertz CT molecular complexity index is 364. The molecule has 0 radical (unpaired) electrons. The third-order valence-electron chi connectivity index (χ3n) is 2.50. The van der Waals surface area contributed by atoms with Gasteiger partial charge in [0, 0.05) is 12.6 Å². The molecule has 0 saturated heterocycles. The maximum Gasteiger partial charge on any atom is 0.255 e. The summed E-state index contributed by atoms with van der Waals surface area (Å²) in [4.78, 5) is 11.7. The van der Waals surface area contributed by atoms with E-state index < -0.39 is 0 Å². The number of benzene rings is 1. The number of para-hydroxylation sites is 1. The summed E-state index contributed by atoms with van der Waals surface area (Å²) in [6.45, 7) is 4.40. The molecule has 16 heavy (non-hydrogen) atoms. The molecule has 0 saturated carbocycles. The molecule has 4 nitrogen and oxygen atoms in total. The van der Waals surface area contributed by atoms with Gasteiger partial charge >= 0.3 is 0 Å². The molecule has 1 atom stereocenters. The van der Waals surface area contributed by atoms with E-state index in [9.17, 15) is 9.90 Å². The van der Waals surface area contributed by atoms with Gasteiger partial charge in [-0.05, 0) is 18.1 Å². The van der Waals surface area contributed by atoms with Gasteiger partial charge in [0.25, 0.3) is 5.91 Å². The summed E-state index contributed by atoms with van der Waals surface area (Å²) in [6.07, 6.45) is 0. The summed E-state index contributed by atoms with van der Waals surface area (Å²) in [5, 5.41) is 12.2. The molecule has 0 aliphatic heterocycles. The van der Waals surface area contributed by atoms with Crippen LogP contribution in [0.25, 0.3) is 0 Å². The van der Waals surface area contributed by atoms with Gasteiger partial charge < -0.3 is 16.2 Å². The van der Waals surface area contributed by atoms with Gasteiger partial charge in [-0.2, -0.15) is 0 Å². The number of carbonyl (C=O) groups excluding carboxylic acids is 1. The number of amides is 1. The lowest BCUT2D eigenvalue weighted by Crippen LogP contribution is -2.40. The zero-order valence-electron chi connectivity index (χ0n) is 9.60. The molecule has 4 heteroatoms. The van der Waals surface area contributed by atoms with E-state index in [1.807, 2.05) is 13.8 Å². The molecule has 4 N–H and O–H groups in total. The minimum atomic E-state index is -0.297. The third-order valence-corrected chi connectivity index (χ3v) is 2.50. The standard InChI is InChI=1S/C12H18N2O2/c1-8(2)10(13)7-14-12(16)9-5-3-4-6-11(9)15/h3-6,8,10,15H,7,13H2,1-2H3,(H,14,16). The van der Waals surface area contributed by atoms with Crippen molar-refractivity contribution >= 4 is 5.91 Å². The Balaban J connectivity index is 2.57. The number of nitrogens with two attached hydrogens (primary N) is 1. The summed E-state index contributed by atoms with van der Waals surface area (Å²) in [6, 6.07) is 6.36. The van der Waals surface area contributed by atoms with E-state index in [0.717, 1.165) is 0 Å². The molecule has 1 aromatic carbocycles. The van der Waals surface area contributed by atoms with E-state index in [-0.39, 0.29) is 23.3 Å². The Kier molecular flexibility index (Phi) is 4.31. The van der Waals surface area contributed by atoms with Gasteiger partial charge in [-0.25, -0.2) is 0 Å². The van der Waals surface area contributed by atoms with E-state index in [0.29, 0.717) is 12.5 Å². The van der Waals surface area contributed by atoms with Crippen molar-refractivity contribution in [3.8, 4) is 5.75 Å². The molecule has 0 aromatic heterocycles. The number of phenolic OH excluding ortho intramolecular Hbond substituents is 1. The first-order valence-corrected chi connectivity index (χ1v) is 5.34. The van der Waals surface area contributed by atoms with Crippen molar-refractivity contribution in [3.05, 3.63) is 29.8 Å². The Morgan fingerprint density at radius 1 is 1.44 bits per heavy atom. The van der Waals surface area contributed by atoms with Crippen LogP contribution in [0.15, 0.2) is 24.3 Å². The van der Waals surface area contributed by atoms with E-state index in [1.165, 1.54) is 6.07 Å². The molecule has 0 bridgehead atoms. The quantitative estimate of drug-likeness (QED) is 0.714. The van der Waals surface area contributed by atoms with Crippen molar-refractivity contribution < 1.29 is 9.90 Å². The van der Waals surface area contributed by atoms with Crippen molar-refractivity contribution in [2.24, 2.45) is 11.7 Å². The van der Waals surface area contributed by atoms with Crippen molar-refractivity contribution in [1.82, 2.24) is 5.32 Å². The minimum Gasteiger partial charge on any atom is -0.507 e. The van der Waals surface area contributed by atoms with Gasteiger partial charge in [-0.15, -0.1) is 0 Å². The highest BCUT2D eigenvalue weighted by Crippen LogP contribution is 2.14. The molecular weight excluding hydrogens is 204 g/mol. The fraction of sp³-hybridized carbons (Fsp3) is 0.417. The van der Waals surface area contributed by atoms with Gasteiger partial charge in [0.2, 0.25) is 0 Å². The van der Waals surface area contributed by atoms with Crippen LogP contribution < -0.4 is 11.1 Å². The van der Waals surface area contributed by atoms with Crippen molar-refractivity contribution in [3.63, 3.8) is 0 Å². The first-order chi connectivity index (χ1) is 7.52. The fourth-order valence-corrected chi connectivity index (χ4v) is 1.21. The van der Waals surface area contributed by atoms with Crippen molar-refractivity contribution in [2.45, 2.75) is 19.9 Å². The molecule has 0 fully saturated rings. The third kappa shape index (κ3) is 3.24. The highest BCUT2D eigenvalue weighted by molar-refractivity contribution is 5.96. The van der Waals surface area contributed by atoms with Crippen LogP contribution in [0.4, 0.5) is 0 Å². The Labute approximate surface area is 95.5 Å². The SMILES string of the molecule is CC(C)C(N)CNC(=O)c1ccccc1O. The number of carbonyl (C=O) groups is 1. The lowest BCUT2D eigenvalue weighted by atomic mass is 10.1. The second kappa shape index (κ2) is 5.51. The molecule has 1 amide bonds. The minimum absolute atomic E-state index is 0.0156. The second-order valence-corrected chi connectivity index (χ2v) is 4.14. The van der Waals surface area contributed by atoms with Gasteiger partial charge in [0.15, 0.2) is 0 Å². The van der Waals surface area contributed by atoms with Gasteiger partial charge in [0.05, 0.1) is 5.56 Å². The number of aromatic hydroxyl groups is 1. The van der Waals surface area contributed by atoms with Crippen LogP contribution >= 0.6 is 0 Å². The van der Waals surface area contributed by atoms with Crippen LogP contribution in [0.1, 0.15) is 24.2 Å². The first kappa shape index (κ1) is 12.5. The summed E-state index contributed by atoms with van der Waals surface area (Å²) in [7, 11) is 0. The van der Waals surface area contributed by atoms with Crippen LogP contribution in [0, 0.1) is 5.92 Å². The van der Waals surface area contributed by atoms with Crippen LogP contribution in [0.3, 0.4) is 0 Å². The molecule has 0 aliphatic rings.